The number of hydrogen-bond acceptors (Lipinski definition) is 3. The fourth-order valence-corrected chi connectivity index (χ4v) is 1.20. The Morgan fingerprint density at radius 2 is 2.14 bits per heavy atom. The molecule has 0 spiro atoms. The highest BCUT2D eigenvalue weighted by molar-refractivity contribution is 9.10. The van der Waals surface area contributed by atoms with Crippen LogP contribution in [0.3, 0.4) is 0 Å². The summed E-state index contributed by atoms with van der Waals surface area (Å²) in [6.07, 6.45) is -2.88. The molecule has 0 radical (unpaired) electrons. The van der Waals surface area contributed by atoms with Gasteiger partial charge in [0.1, 0.15) is 11.5 Å². The van der Waals surface area contributed by atoms with E-state index in [0.717, 1.165) is 6.07 Å². The Bertz CT molecular complexity index is 383. The number of hydrogen-bond donors (Lipinski definition) is 2. The molecule has 1 amide bonds. The molecule has 1 heterocycles. The fourth-order valence-electron chi connectivity index (χ4n) is 0.882. The molecule has 0 saturated carbocycles. The first-order chi connectivity index (χ1) is 6.43. The van der Waals surface area contributed by atoms with E-state index in [2.05, 4.69) is 20.9 Å². The van der Waals surface area contributed by atoms with Gasteiger partial charge in [0.2, 0.25) is 0 Å². The average molecular weight is 266 g/mol. The predicted molar refractivity (Wildman–Crippen MR) is 49.8 cm³/mol. The Labute approximate surface area is 86.4 Å². The summed E-state index contributed by atoms with van der Waals surface area (Å²) in [6.45, 7) is 0. The molecule has 4 nitrogen and oxygen atoms in total. The summed E-state index contributed by atoms with van der Waals surface area (Å²) < 4.78 is 25.0. The summed E-state index contributed by atoms with van der Waals surface area (Å²) in [5.41, 5.74) is 9.15. The number of alkyl halides is 2. The smallest absolute Gasteiger partial charge is 0.281 e. The van der Waals surface area contributed by atoms with E-state index in [-0.39, 0.29) is 15.9 Å². The van der Waals surface area contributed by atoms with Gasteiger partial charge in [-0.1, -0.05) is 0 Å². The van der Waals surface area contributed by atoms with Crippen molar-refractivity contribution in [3.05, 3.63) is 21.8 Å². The van der Waals surface area contributed by atoms with Crippen LogP contribution < -0.4 is 11.5 Å². The normalized spacial score (nSPS) is 10.6. The van der Waals surface area contributed by atoms with E-state index < -0.39 is 18.0 Å². The van der Waals surface area contributed by atoms with E-state index in [1.54, 1.807) is 0 Å². The first kappa shape index (κ1) is 10.8. The molecule has 76 valence electrons. The van der Waals surface area contributed by atoms with Crippen molar-refractivity contribution >= 4 is 27.7 Å². The lowest BCUT2D eigenvalue weighted by molar-refractivity contribution is 0.0983. The van der Waals surface area contributed by atoms with Crippen LogP contribution in [0.2, 0.25) is 0 Å². The van der Waals surface area contributed by atoms with Crippen LogP contribution in [0.1, 0.15) is 22.5 Å². The zero-order valence-corrected chi connectivity index (χ0v) is 8.38. The Balaban J connectivity index is 3.39. The maximum Gasteiger partial charge on any atom is 0.281 e. The lowest BCUT2D eigenvalue weighted by Crippen LogP contribution is -2.16. The molecule has 14 heavy (non-hydrogen) atoms. The topological polar surface area (TPSA) is 82.0 Å². The van der Waals surface area contributed by atoms with E-state index >= 15 is 0 Å². The van der Waals surface area contributed by atoms with Crippen molar-refractivity contribution in [2.45, 2.75) is 6.43 Å². The third-order valence-corrected chi connectivity index (χ3v) is 2.14. The number of carbonyl (C=O) groups excluding carboxylic acids is 1. The van der Waals surface area contributed by atoms with Crippen LogP contribution in [0, 0.1) is 0 Å². The molecule has 4 N–H and O–H groups in total. The van der Waals surface area contributed by atoms with Crippen molar-refractivity contribution in [3.63, 3.8) is 0 Å². The number of anilines is 1. The SMILES string of the molecule is NC(=O)c1cc(Br)c(N)nc1C(F)F. The first-order valence-electron chi connectivity index (χ1n) is 3.47. The van der Waals surface area contributed by atoms with E-state index in [0.29, 0.717) is 0 Å². The Hall–Kier alpha value is -1.24. The third-order valence-electron chi connectivity index (χ3n) is 1.50. The Morgan fingerprint density at radius 1 is 1.57 bits per heavy atom. The van der Waals surface area contributed by atoms with Gasteiger partial charge in [-0.05, 0) is 22.0 Å². The molecule has 0 bridgehead atoms. The number of amides is 1. The molecule has 0 atom stereocenters. The lowest BCUT2D eigenvalue weighted by atomic mass is 10.2. The van der Waals surface area contributed by atoms with Crippen LogP contribution in [0.15, 0.2) is 10.5 Å². The molecule has 1 aromatic heterocycles. The molecule has 0 aliphatic carbocycles. The Morgan fingerprint density at radius 3 is 2.57 bits per heavy atom. The molecule has 0 saturated heterocycles. The van der Waals surface area contributed by atoms with Gasteiger partial charge in [-0.3, -0.25) is 4.79 Å². The molecule has 0 aliphatic heterocycles. The summed E-state index contributed by atoms with van der Waals surface area (Å²) in [5, 5.41) is 0. The number of rotatable bonds is 2. The molecule has 0 fully saturated rings. The van der Waals surface area contributed by atoms with Gasteiger partial charge in [0.15, 0.2) is 0 Å². The zero-order valence-electron chi connectivity index (χ0n) is 6.80. The maximum absolute atomic E-state index is 12.4. The second-order valence-corrected chi connectivity index (χ2v) is 3.31. The van der Waals surface area contributed by atoms with Crippen molar-refractivity contribution in [2.75, 3.05) is 5.73 Å². The number of primary amides is 1. The average Bonchev–Trinajstić information content (AvgIpc) is 2.08. The summed E-state index contributed by atoms with van der Waals surface area (Å²) >= 11 is 2.96. The number of carbonyl (C=O) groups is 1. The minimum absolute atomic E-state index is 0.106. The van der Waals surface area contributed by atoms with Gasteiger partial charge >= 0.3 is 0 Å². The third kappa shape index (κ3) is 1.98. The van der Waals surface area contributed by atoms with Gasteiger partial charge in [-0.2, -0.15) is 0 Å². The number of nitrogens with zero attached hydrogens (tertiary/aromatic N) is 1. The lowest BCUT2D eigenvalue weighted by Gasteiger charge is -2.06. The monoisotopic (exact) mass is 265 g/mol. The van der Waals surface area contributed by atoms with Gasteiger partial charge in [0.25, 0.3) is 12.3 Å². The minimum Gasteiger partial charge on any atom is -0.383 e. The van der Waals surface area contributed by atoms with E-state index in [4.69, 9.17) is 11.5 Å². The zero-order chi connectivity index (χ0) is 10.9. The van der Waals surface area contributed by atoms with E-state index in [1.165, 1.54) is 0 Å². The van der Waals surface area contributed by atoms with Crippen molar-refractivity contribution in [2.24, 2.45) is 5.73 Å². The second kappa shape index (κ2) is 3.87. The largest absolute Gasteiger partial charge is 0.383 e. The molecule has 7 heteroatoms. The van der Waals surface area contributed by atoms with Crippen molar-refractivity contribution in [1.29, 1.82) is 0 Å². The van der Waals surface area contributed by atoms with E-state index in [9.17, 15) is 13.6 Å². The molecular weight excluding hydrogens is 260 g/mol. The number of nitrogen functional groups attached to an aromatic ring is 1. The summed E-state index contributed by atoms with van der Waals surface area (Å²) in [5.74, 6) is -1.07. The summed E-state index contributed by atoms with van der Waals surface area (Å²) in [4.78, 5) is 14.2. The molecule has 1 rings (SSSR count). The van der Waals surface area contributed by atoms with Crippen LogP contribution in [-0.4, -0.2) is 10.9 Å². The van der Waals surface area contributed by atoms with Crippen LogP contribution in [0.4, 0.5) is 14.6 Å². The highest BCUT2D eigenvalue weighted by Gasteiger charge is 2.20. The van der Waals surface area contributed by atoms with Gasteiger partial charge in [-0.15, -0.1) is 0 Å². The van der Waals surface area contributed by atoms with Crippen LogP contribution >= 0.6 is 15.9 Å². The van der Waals surface area contributed by atoms with Gasteiger partial charge in [0, 0.05) is 0 Å². The van der Waals surface area contributed by atoms with Gasteiger partial charge < -0.3 is 11.5 Å². The maximum atomic E-state index is 12.4. The predicted octanol–water partition coefficient (Wildman–Crippen LogP) is 1.46. The van der Waals surface area contributed by atoms with Crippen molar-refractivity contribution in [3.8, 4) is 0 Å². The number of nitrogens with two attached hydrogens (primary N) is 2. The summed E-state index contributed by atoms with van der Waals surface area (Å²) in [7, 11) is 0. The highest BCUT2D eigenvalue weighted by atomic mass is 79.9. The number of aromatic nitrogens is 1. The summed E-state index contributed by atoms with van der Waals surface area (Å²) in [6, 6.07) is 1.13. The number of halogens is 3. The molecular formula is C7H6BrF2N3O. The van der Waals surface area contributed by atoms with Gasteiger partial charge in [0.05, 0.1) is 10.0 Å². The quantitative estimate of drug-likeness (QED) is 0.850. The molecule has 0 unspecified atom stereocenters. The van der Waals surface area contributed by atoms with Crippen molar-refractivity contribution < 1.29 is 13.6 Å². The molecule has 0 aliphatic rings. The van der Waals surface area contributed by atoms with Crippen molar-refractivity contribution in [1.82, 2.24) is 4.98 Å². The first-order valence-corrected chi connectivity index (χ1v) is 4.26. The van der Waals surface area contributed by atoms with Gasteiger partial charge in [-0.25, -0.2) is 13.8 Å². The van der Waals surface area contributed by atoms with E-state index in [1.807, 2.05) is 0 Å². The Kier molecular flexibility index (Phi) is 3.00. The van der Waals surface area contributed by atoms with Crippen LogP contribution in [0.5, 0.6) is 0 Å². The fraction of sp³-hybridized carbons (Fsp3) is 0.143. The highest BCUT2D eigenvalue weighted by Crippen LogP contribution is 2.26. The molecule has 1 aromatic rings. The second-order valence-electron chi connectivity index (χ2n) is 2.45. The standard InChI is InChI=1S/C7H6BrF2N3O/c8-3-1-2(7(12)14)4(5(9)10)13-6(3)11/h1,5H,(H2,11,13)(H2,12,14). The van der Waals surface area contributed by atoms with Crippen LogP contribution in [-0.2, 0) is 0 Å². The minimum atomic E-state index is -2.88. The number of pyridine rings is 1. The molecule has 0 aromatic carbocycles. The van der Waals surface area contributed by atoms with Crippen LogP contribution in [0.25, 0.3) is 0 Å².